The average Bonchev–Trinajstić information content (AvgIpc) is 2.77. The molecule has 0 aliphatic carbocycles. The van der Waals surface area contributed by atoms with Crippen LogP contribution in [-0.2, 0) is 16.1 Å². The highest BCUT2D eigenvalue weighted by atomic mass is 32.2. The first kappa shape index (κ1) is 15.5. The fraction of sp³-hybridized carbons (Fsp3) is 0.636. The summed E-state index contributed by atoms with van der Waals surface area (Å²) in [7, 11) is 0. The van der Waals surface area contributed by atoms with Crippen molar-refractivity contribution in [2.75, 3.05) is 12.0 Å². The monoisotopic (exact) mass is 286 g/mol. The molecule has 2 amide bonds. The van der Waals surface area contributed by atoms with Crippen molar-refractivity contribution in [3.63, 3.8) is 0 Å². The molecule has 1 heterocycles. The number of nitrogens with one attached hydrogen (secondary N) is 2. The van der Waals surface area contributed by atoms with E-state index in [1.54, 1.807) is 18.7 Å². The second kappa shape index (κ2) is 7.78. The number of carbonyl (C=O) groups excluding carboxylic acids is 2. The lowest BCUT2D eigenvalue weighted by atomic mass is 10.2. The van der Waals surface area contributed by atoms with E-state index in [0.29, 0.717) is 18.1 Å². The van der Waals surface area contributed by atoms with Crippen molar-refractivity contribution in [1.29, 1.82) is 0 Å². The minimum atomic E-state index is -0.530. The molecule has 1 rings (SSSR count). The van der Waals surface area contributed by atoms with Gasteiger partial charge in [-0.05, 0) is 18.4 Å². The van der Waals surface area contributed by atoms with Crippen LogP contribution < -0.4 is 10.6 Å². The average molecular weight is 286 g/mol. The van der Waals surface area contributed by atoms with Crippen molar-refractivity contribution in [2.45, 2.75) is 32.9 Å². The van der Waals surface area contributed by atoms with Crippen molar-refractivity contribution < 1.29 is 14.1 Å². The van der Waals surface area contributed by atoms with E-state index in [1.165, 1.54) is 6.92 Å². The van der Waals surface area contributed by atoms with Gasteiger partial charge in [0.2, 0.25) is 17.7 Å². The molecule has 0 radical (unpaired) electrons. The number of hydrogen-bond acceptors (Lipinski definition) is 6. The Morgan fingerprint density at radius 1 is 1.47 bits per heavy atom. The molecule has 7 nitrogen and oxygen atoms in total. The van der Waals surface area contributed by atoms with Crippen LogP contribution in [0.15, 0.2) is 4.52 Å². The van der Waals surface area contributed by atoms with Gasteiger partial charge in [0, 0.05) is 13.8 Å². The van der Waals surface area contributed by atoms with E-state index in [0.717, 1.165) is 5.75 Å². The Balaban J connectivity index is 2.48. The van der Waals surface area contributed by atoms with E-state index in [1.807, 2.05) is 6.26 Å². The van der Waals surface area contributed by atoms with Gasteiger partial charge in [-0.2, -0.15) is 16.7 Å². The Labute approximate surface area is 115 Å². The summed E-state index contributed by atoms with van der Waals surface area (Å²) in [5, 5.41) is 8.98. The minimum Gasteiger partial charge on any atom is -0.347 e. The first-order valence-corrected chi connectivity index (χ1v) is 7.25. The highest BCUT2D eigenvalue weighted by Crippen LogP contribution is 2.02. The predicted molar refractivity (Wildman–Crippen MR) is 71.5 cm³/mol. The standard InChI is InChI=1S/C11H18N4O3S/c1-7(16)13-9(4-5-19-3)11(17)12-6-10-14-8(2)18-15-10/h9H,4-6H2,1-3H3,(H,12,17)(H,13,16)/t9-/m0/s1. The number of amides is 2. The molecule has 0 aliphatic rings. The van der Waals surface area contributed by atoms with Gasteiger partial charge >= 0.3 is 0 Å². The Bertz CT molecular complexity index is 435. The van der Waals surface area contributed by atoms with Gasteiger partial charge in [-0.15, -0.1) is 0 Å². The summed E-state index contributed by atoms with van der Waals surface area (Å²) >= 11 is 1.62. The maximum atomic E-state index is 11.9. The zero-order chi connectivity index (χ0) is 14.3. The summed E-state index contributed by atoms with van der Waals surface area (Å²) in [5.74, 6) is 1.19. The molecule has 2 N–H and O–H groups in total. The van der Waals surface area contributed by atoms with Crippen LogP contribution in [0.2, 0.25) is 0 Å². The number of aryl methyl sites for hydroxylation is 1. The van der Waals surface area contributed by atoms with Gasteiger partial charge in [-0.25, -0.2) is 0 Å². The molecule has 0 saturated carbocycles. The lowest BCUT2D eigenvalue weighted by Crippen LogP contribution is -2.46. The van der Waals surface area contributed by atoms with Crippen LogP contribution in [0.3, 0.4) is 0 Å². The Kier molecular flexibility index (Phi) is 6.34. The molecular formula is C11H18N4O3S. The molecular weight excluding hydrogens is 268 g/mol. The first-order valence-electron chi connectivity index (χ1n) is 5.86. The van der Waals surface area contributed by atoms with Crippen molar-refractivity contribution in [1.82, 2.24) is 20.8 Å². The normalized spacial score (nSPS) is 11.9. The van der Waals surface area contributed by atoms with Gasteiger partial charge in [0.15, 0.2) is 5.82 Å². The number of nitrogens with zero attached hydrogens (tertiary/aromatic N) is 2. The number of carbonyl (C=O) groups is 2. The van der Waals surface area contributed by atoms with E-state index in [4.69, 9.17) is 4.52 Å². The predicted octanol–water partition coefficient (Wildman–Crippen LogP) is 0.252. The molecule has 0 unspecified atom stereocenters. The molecule has 0 bridgehead atoms. The third-order valence-electron chi connectivity index (χ3n) is 2.30. The van der Waals surface area contributed by atoms with Gasteiger partial charge in [-0.3, -0.25) is 9.59 Å². The topological polar surface area (TPSA) is 97.1 Å². The zero-order valence-corrected chi connectivity index (χ0v) is 12.0. The maximum Gasteiger partial charge on any atom is 0.242 e. The fourth-order valence-corrected chi connectivity index (χ4v) is 1.92. The second-order valence-corrected chi connectivity index (χ2v) is 4.97. The minimum absolute atomic E-state index is 0.186. The smallest absolute Gasteiger partial charge is 0.242 e. The highest BCUT2D eigenvalue weighted by molar-refractivity contribution is 7.98. The number of aromatic nitrogens is 2. The molecule has 1 aromatic rings. The SMILES string of the molecule is CSCC[C@H](NC(C)=O)C(=O)NCc1noc(C)n1. The van der Waals surface area contributed by atoms with E-state index in [-0.39, 0.29) is 18.4 Å². The van der Waals surface area contributed by atoms with Crippen LogP contribution in [-0.4, -0.2) is 40.0 Å². The second-order valence-electron chi connectivity index (χ2n) is 3.98. The highest BCUT2D eigenvalue weighted by Gasteiger charge is 2.19. The van der Waals surface area contributed by atoms with Crippen LogP contribution in [0.5, 0.6) is 0 Å². The fourth-order valence-electron chi connectivity index (χ4n) is 1.45. The van der Waals surface area contributed by atoms with Gasteiger partial charge in [0.1, 0.15) is 6.04 Å². The molecule has 0 spiro atoms. The van der Waals surface area contributed by atoms with Crippen molar-refractivity contribution in [2.24, 2.45) is 0 Å². The van der Waals surface area contributed by atoms with E-state index < -0.39 is 6.04 Å². The summed E-state index contributed by atoms with van der Waals surface area (Å²) in [5.41, 5.74) is 0. The van der Waals surface area contributed by atoms with Gasteiger partial charge in [0.25, 0.3) is 0 Å². The van der Waals surface area contributed by atoms with Gasteiger partial charge < -0.3 is 15.2 Å². The van der Waals surface area contributed by atoms with E-state index >= 15 is 0 Å². The summed E-state index contributed by atoms with van der Waals surface area (Å²) < 4.78 is 4.80. The summed E-state index contributed by atoms with van der Waals surface area (Å²) in [4.78, 5) is 27.0. The quantitative estimate of drug-likeness (QED) is 0.746. The van der Waals surface area contributed by atoms with Gasteiger partial charge in [0.05, 0.1) is 6.54 Å². The van der Waals surface area contributed by atoms with Crippen LogP contribution in [0, 0.1) is 6.92 Å². The van der Waals surface area contributed by atoms with E-state index in [2.05, 4.69) is 20.8 Å². The molecule has 0 aromatic carbocycles. The third kappa shape index (κ3) is 5.73. The first-order chi connectivity index (χ1) is 9.02. The van der Waals surface area contributed by atoms with Crippen LogP contribution in [0.25, 0.3) is 0 Å². The summed E-state index contributed by atoms with van der Waals surface area (Å²) in [6, 6.07) is -0.530. The van der Waals surface area contributed by atoms with Crippen molar-refractivity contribution >= 4 is 23.6 Å². The summed E-state index contributed by atoms with van der Waals surface area (Å²) in [6.07, 6.45) is 2.53. The van der Waals surface area contributed by atoms with Gasteiger partial charge in [-0.1, -0.05) is 5.16 Å². The number of thioether (sulfide) groups is 1. The lowest BCUT2D eigenvalue weighted by molar-refractivity contribution is -0.128. The van der Waals surface area contributed by atoms with Crippen molar-refractivity contribution in [3.05, 3.63) is 11.7 Å². The Morgan fingerprint density at radius 3 is 2.74 bits per heavy atom. The van der Waals surface area contributed by atoms with Crippen LogP contribution >= 0.6 is 11.8 Å². The molecule has 1 aromatic heterocycles. The van der Waals surface area contributed by atoms with E-state index in [9.17, 15) is 9.59 Å². The molecule has 106 valence electrons. The number of hydrogen-bond donors (Lipinski definition) is 2. The molecule has 19 heavy (non-hydrogen) atoms. The van der Waals surface area contributed by atoms with Crippen LogP contribution in [0.4, 0.5) is 0 Å². The van der Waals surface area contributed by atoms with Crippen LogP contribution in [0.1, 0.15) is 25.1 Å². The third-order valence-corrected chi connectivity index (χ3v) is 2.94. The lowest BCUT2D eigenvalue weighted by Gasteiger charge is -2.16. The summed E-state index contributed by atoms with van der Waals surface area (Å²) in [6.45, 7) is 3.25. The molecule has 0 aliphatic heterocycles. The molecule has 1 atom stereocenters. The maximum absolute atomic E-state index is 11.9. The van der Waals surface area contributed by atoms with Crippen molar-refractivity contribution in [3.8, 4) is 0 Å². The number of rotatable bonds is 7. The zero-order valence-electron chi connectivity index (χ0n) is 11.2. The Morgan fingerprint density at radius 2 is 2.21 bits per heavy atom. The largest absolute Gasteiger partial charge is 0.347 e. The molecule has 0 fully saturated rings. The molecule has 0 saturated heterocycles. The molecule has 8 heteroatoms. The Hall–Kier alpha value is -1.57.